The van der Waals surface area contributed by atoms with Crippen LogP contribution >= 0.6 is 0 Å². The second kappa shape index (κ2) is 6.09. The van der Waals surface area contributed by atoms with Gasteiger partial charge < -0.3 is 10.2 Å². The summed E-state index contributed by atoms with van der Waals surface area (Å²) in [7, 11) is -3.26. The molecular weight excluding hydrogens is 282 g/mol. The van der Waals surface area contributed by atoms with Crippen LogP contribution in [0.5, 0.6) is 0 Å². The Morgan fingerprint density at radius 2 is 2.05 bits per heavy atom. The summed E-state index contributed by atoms with van der Waals surface area (Å²) in [6.45, 7) is 1.92. The number of hydrogen-bond donors (Lipinski definition) is 1. The molecule has 0 aromatic heterocycles. The minimum Gasteiger partial charge on any atom is -0.354 e. The molecule has 0 saturated carbocycles. The first-order chi connectivity index (χ1) is 9.38. The van der Waals surface area contributed by atoms with Gasteiger partial charge in [-0.25, -0.2) is 12.7 Å². The Balaban J connectivity index is 2.02. The third-order valence-corrected chi connectivity index (χ3v) is 5.05. The molecule has 0 aromatic rings. The van der Waals surface area contributed by atoms with Gasteiger partial charge in [0.05, 0.1) is 18.7 Å². The van der Waals surface area contributed by atoms with E-state index in [-0.39, 0.29) is 30.8 Å². The average molecular weight is 303 g/mol. The van der Waals surface area contributed by atoms with Crippen LogP contribution in [0.25, 0.3) is 0 Å². The predicted octanol–water partition coefficient (Wildman–Crippen LogP) is -0.993. The fourth-order valence-electron chi connectivity index (χ4n) is 2.70. The summed E-state index contributed by atoms with van der Waals surface area (Å²) < 4.78 is 24.5. The van der Waals surface area contributed by atoms with Gasteiger partial charge in [-0.1, -0.05) is 0 Å². The lowest BCUT2D eigenvalue weighted by atomic mass is 9.98. The number of carbonyl (C=O) groups is 2. The van der Waals surface area contributed by atoms with Gasteiger partial charge in [-0.05, 0) is 19.3 Å². The van der Waals surface area contributed by atoms with Crippen molar-refractivity contribution in [3.05, 3.63) is 0 Å². The lowest BCUT2D eigenvalue weighted by Gasteiger charge is -2.33. The molecule has 0 aromatic carbocycles. The lowest BCUT2D eigenvalue weighted by Crippen LogP contribution is -2.47. The van der Waals surface area contributed by atoms with Gasteiger partial charge in [0, 0.05) is 26.2 Å². The van der Waals surface area contributed by atoms with E-state index in [0.717, 1.165) is 6.42 Å². The zero-order valence-corrected chi connectivity index (χ0v) is 12.5. The lowest BCUT2D eigenvalue weighted by molar-refractivity contribution is -0.139. The van der Waals surface area contributed by atoms with Crippen molar-refractivity contribution in [3.63, 3.8) is 0 Å². The first kappa shape index (κ1) is 15.2. The SMILES string of the molecule is CS(=O)(=O)N1CCCC(C(=O)N2CCCNC(=O)C2)C1. The molecule has 2 aliphatic rings. The number of nitrogens with one attached hydrogen (secondary N) is 1. The third-order valence-electron chi connectivity index (χ3n) is 3.78. The molecule has 1 N–H and O–H groups in total. The Bertz CT molecular complexity index is 491. The van der Waals surface area contributed by atoms with Gasteiger partial charge in [-0.2, -0.15) is 0 Å². The summed E-state index contributed by atoms with van der Waals surface area (Å²) in [4.78, 5) is 25.5. The Morgan fingerprint density at radius 3 is 2.75 bits per heavy atom. The number of sulfonamides is 1. The predicted molar refractivity (Wildman–Crippen MR) is 73.3 cm³/mol. The highest BCUT2D eigenvalue weighted by atomic mass is 32.2. The molecule has 2 amide bonds. The normalized spacial score (nSPS) is 25.9. The molecule has 2 saturated heterocycles. The zero-order chi connectivity index (χ0) is 14.8. The summed E-state index contributed by atoms with van der Waals surface area (Å²) in [5.74, 6) is -0.577. The Labute approximate surface area is 119 Å². The first-order valence-corrected chi connectivity index (χ1v) is 8.73. The summed E-state index contributed by atoms with van der Waals surface area (Å²) in [6.07, 6.45) is 3.27. The number of carbonyl (C=O) groups excluding carboxylic acids is 2. The van der Waals surface area contributed by atoms with Crippen molar-refractivity contribution in [1.29, 1.82) is 0 Å². The quantitative estimate of drug-likeness (QED) is 0.709. The van der Waals surface area contributed by atoms with Crippen molar-refractivity contribution in [2.24, 2.45) is 5.92 Å². The van der Waals surface area contributed by atoms with Gasteiger partial charge in [0.2, 0.25) is 21.8 Å². The van der Waals surface area contributed by atoms with E-state index in [1.54, 1.807) is 4.90 Å². The van der Waals surface area contributed by atoms with E-state index in [2.05, 4.69) is 5.32 Å². The monoisotopic (exact) mass is 303 g/mol. The van der Waals surface area contributed by atoms with E-state index in [0.29, 0.717) is 32.5 Å². The maximum absolute atomic E-state index is 12.4. The van der Waals surface area contributed by atoms with Crippen LogP contribution in [0.4, 0.5) is 0 Å². The van der Waals surface area contributed by atoms with E-state index >= 15 is 0 Å². The fourth-order valence-corrected chi connectivity index (χ4v) is 3.61. The Hall–Kier alpha value is -1.15. The molecule has 8 heteroatoms. The summed E-state index contributed by atoms with van der Waals surface area (Å²) >= 11 is 0. The Morgan fingerprint density at radius 1 is 1.30 bits per heavy atom. The van der Waals surface area contributed by atoms with Gasteiger partial charge >= 0.3 is 0 Å². The van der Waals surface area contributed by atoms with E-state index in [1.165, 1.54) is 10.6 Å². The number of piperidine rings is 1. The second-order valence-electron chi connectivity index (χ2n) is 5.42. The van der Waals surface area contributed by atoms with Crippen molar-refractivity contribution in [3.8, 4) is 0 Å². The van der Waals surface area contributed by atoms with Gasteiger partial charge in [0.15, 0.2) is 0 Å². The van der Waals surface area contributed by atoms with E-state index < -0.39 is 10.0 Å². The summed E-state index contributed by atoms with van der Waals surface area (Å²) in [6, 6.07) is 0. The molecule has 0 aliphatic carbocycles. The molecule has 1 unspecified atom stereocenters. The van der Waals surface area contributed by atoms with Crippen LogP contribution in [0.15, 0.2) is 0 Å². The van der Waals surface area contributed by atoms with Crippen LogP contribution in [-0.2, 0) is 19.6 Å². The average Bonchev–Trinajstić information content (AvgIpc) is 2.62. The van der Waals surface area contributed by atoms with Gasteiger partial charge in [-0.15, -0.1) is 0 Å². The smallest absolute Gasteiger partial charge is 0.239 e. The molecule has 1 atom stereocenters. The van der Waals surface area contributed by atoms with Crippen LogP contribution in [0, 0.1) is 5.92 Å². The van der Waals surface area contributed by atoms with Crippen LogP contribution in [0.2, 0.25) is 0 Å². The van der Waals surface area contributed by atoms with Crippen molar-refractivity contribution < 1.29 is 18.0 Å². The third kappa shape index (κ3) is 3.69. The minimum absolute atomic E-state index is 0.0776. The molecule has 0 radical (unpaired) electrons. The van der Waals surface area contributed by atoms with Crippen LogP contribution in [-0.4, -0.2) is 68.4 Å². The maximum Gasteiger partial charge on any atom is 0.239 e. The largest absolute Gasteiger partial charge is 0.354 e. The molecule has 2 rings (SSSR count). The molecule has 114 valence electrons. The van der Waals surface area contributed by atoms with E-state index in [4.69, 9.17) is 0 Å². The minimum atomic E-state index is -3.26. The van der Waals surface area contributed by atoms with Gasteiger partial charge in [0.25, 0.3) is 0 Å². The van der Waals surface area contributed by atoms with Crippen molar-refractivity contribution in [2.45, 2.75) is 19.3 Å². The van der Waals surface area contributed by atoms with E-state index in [1.807, 2.05) is 0 Å². The molecule has 0 bridgehead atoms. The van der Waals surface area contributed by atoms with Crippen LogP contribution in [0.3, 0.4) is 0 Å². The van der Waals surface area contributed by atoms with Crippen molar-refractivity contribution in [1.82, 2.24) is 14.5 Å². The highest BCUT2D eigenvalue weighted by Gasteiger charge is 2.33. The van der Waals surface area contributed by atoms with Gasteiger partial charge in [0.1, 0.15) is 0 Å². The van der Waals surface area contributed by atoms with Gasteiger partial charge in [-0.3, -0.25) is 9.59 Å². The van der Waals surface area contributed by atoms with Crippen molar-refractivity contribution >= 4 is 21.8 Å². The maximum atomic E-state index is 12.4. The topological polar surface area (TPSA) is 86.8 Å². The molecule has 2 fully saturated rings. The molecule has 2 aliphatic heterocycles. The number of rotatable bonds is 2. The standard InChI is InChI=1S/C12H21N3O4S/c1-20(18,19)15-7-2-4-10(8-15)12(17)14-6-3-5-13-11(16)9-14/h10H,2-9H2,1H3,(H,13,16). The molecular formula is C12H21N3O4S. The van der Waals surface area contributed by atoms with Crippen molar-refractivity contribution in [2.75, 3.05) is 39.0 Å². The summed E-state index contributed by atoms with van der Waals surface area (Å²) in [5.41, 5.74) is 0. The zero-order valence-electron chi connectivity index (χ0n) is 11.7. The molecule has 7 nitrogen and oxygen atoms in total. The first-order valence-electron chi connectivity index (χ1n) is 6.88. The number of amides is 2. The summed E-state index contributed by atoms with van der Waals surface area (Å²) in [5, 5.41) is 2.73. The Kier molecular flexibility index (Phi) is 4.64. The van der Waals surface area contributed by atoms with Crippen LogP contribution < -0.4 is 5.32 Å². The number of nitrogens with zero attached hydrogens (tertiary/aromatic N) is 2. The van der Waals surface area contributed by atoms with E-state index in [9.17, 15) is 18.0 Å². The number of hydrogen-bond acceptors (Lipinski definition) is 4. The van der Waals surface area contributed by atoms with Crippen LogP contribution in [0.1, 0.15) is 19.3 Å². The fraction of sp³-hybridized carbons (Fsp3) is 0.833. The molecule has 2 heterocycles. The highest BCUT2D eigenvalue weighted by Crippen LogP contribution is 2.21. The highest BCUT2D eigenvalue weighted by molar-refractivity contribution is 7.88. The molecule has 20 heavy (non-hydrogen) atoms. The molecule has 0 spiro atoms. The second-order valence-corrected chi connectivity index (χ2v) is 7.41.